The van der Waals surface area contributed by atoms with Gasteiger partial charge in [0, 0.05) is 19.4 Å². The summed E-state index contributed by atoms with van der Waals surface area (Å²) >= 11 is 0. The minimum Gasteiger partial charge on any atom is -0.481 e. The Kier molecular flexibility index (Phi) is 70.1. The van der Waals surface area contributed by atoms with Gasteiger partial charge in [-0.3, -0.25) is 9.59 Å². The van der Waals surface area contributed by atoms with Gasteiger partial charge in [0.15, 0.2) is 0 Å². The van der Waals surface area contributed by atoms with Crippen LogP contribution in [0, 0.1) is 0 Å². The van der Waals surface area contributed by atoms with Gasteiger partial charge >= 0.3 is 11.9 Å². The zero-order chi connectivity index (χ0) is 42.5. The molecule has 334 valence electrons. The van der Waals surface area contributed by atoms with Crippen LogP contribution >= 0.6 is 0 Å². The van der Waals surface area contributed by atoms with Gasteiger partial charge < -0.3 is 46.0 Å². The molecule has 0 aromatic carbocycles. The number of carboxylic acid groups (broad SMARTS) is 2. The van der Waals surface area contributed by atoms with Crippen molar-refractivity contribution >= 4 is 11.9 Å². The van der Waals surface area contributed by atoms with Crippen molar-refractivity contribution in [2.45, 2.75) is 226 Å². The third-order valence-corrected chi connectivity index (χ3v) is 8.49. The molecule has 55 heavy (non-hydrogen) atoms. The topological polar surface area (TPSA) is 216 Å². The summed E-state index contributed by atoms with van der Waals surface area (Å²) in [7, 11) is 0. The highest BCUT2D eigenvalue weighted by atomic mass is 16.4. The van der Waals surface area contributed by atoms with E-state index >= 15 is 0 Å². The van der Waals surface area contributed by atoms with Crippen LogP contribution in [0.3, 0.4) is 0 Å². The van der Waals surface area contributed by atoms with Gasteiger partial charge in [-0.25, -0.2) is 0 Å². The standard InChI is InChI=1S/C18H36O2.C18H34O2.2C3H8O3.C2H6O/c2*1-2-3-4-5-6-7-8-9-10-11-12-13-14-15-16-17-18(19)20;2*4-1-3(6)2-5;1-2-3/h2-17H2,1H3,(H,19,20);9-10H,2-8,11-17H2,1H3,(H,19,20);2*3-6H,1-2H2;3H,2H2,1H3. The highest BCUT2D eigenvalue weighted by Crippen LogP contribution is 2.14. The van der Waals surface area contributed by atoms with E-state index in [1.807, 2.05) is 0 Å². The minimum atomic E-state index is -0.954. The van der Waals surface area contributed by atoms with Crippen LogP contribution in [0.4, 0.5) is 0 Å². The molecule has 0 amide bonds. The summed E-state index contributed by atoms with van der Waals surface area (Å²) in [5, 5.41) is 72.6. The fraction of sp³-hybridized carbons (Fsp3) is 0.909. The summed E-state index contributed by atoms with van der Waals surface area (Å²) < 4.78 is 0. The maximum Gasteiger partial charge on any atom is 0.303 e. The summed E-state index contributed by atoms with van der Waals surface area (Å²) in [4.78, 5) is 20.7. The number of unbranched alkanes of at least 4 members (excludes halogenated alkanes) is 25. The normalized spacial score (nSPS) is 10.5. The Bertz CT molecular complexity index is 689. The number of hydrogen-bond donors (Lipinski definition) is 9. The highest BCUT2D eigenvalue weighted by molar-refractivity contribution is 5.66. The molecule has 0 radical (unpaired) electrons. The first-order chi connectivity index (χ1) is 26.6. The molecule has 0 spiro atoms. The number of aliphatic hydroxyl groups is 7. The summed E-state index contributed by atoms with van der Waals surface area (Å²) in [6, 6.07) is 0. The lowest BCUT2D eigenvalue weighted by Gasteiger charge is -2.03. The average molecular weight is 797 g/mol. The van der Waals surface area contributed by atoms with Crippen LogP contribution in [0.2, 0.25) is 0 Å². The number of aliphatic carboxylic acids is 2. The number of carbonyl (C=O) groups is 2. The van der Waals surface area contributed by atoms with Crippen LogP contribution in [0.1, 0.15) is 213 Å². The maximum atomic E-state index is 10.3. The zero-order valence-electron chi connectivity index (χ0n) is 35.9. The highest BCUT2D eigenvalue weighted by Gasteiger charge is 1.98. The van der Waals surface area contributed by atoms with Gasteiger partial charge in [0.25, 0.3) is 0 Å². The fourth-order valence-corrected chi connectivity index (χ4v) is 5.11. The molecule has 0 aliphatic carbocycles. The van der Waals surface area contributed by atoms with Crippen molar-refractivity contribution in [2.75, 3.05) is 33.0 Å². The van der Waals surface area contributed by atoms with Crippen LogP contribution < -0.4 is 0 Å². The first kappa shape index (κ1) is 62.6. The Hall–Kier alpha value is -1.60. The monoisotopic (exact) mass is 797 g/mol. The van der Waals surface area contributed by atoms with Gasteiger partial charge in [-0.15, -0.1) is 0 Å². The summed E-state index contributed by atoms with van der Waals surface area (Å²) in [6.07, 6.45) is 39.5. The molecular formula is C44H92O11. The lowest BCUT2D eigenvalue weighted by molar-refractivity contribution is -0.138. The molecular weight excluding hydrogens is 704 g/mol. The summed E-state index contributed by atoms with van der Waals surface area (Å²) in [6.45, 7) is 5.00. The Morgan fingerprint density at radius 2 is 0.582 bits per heavy atom. The summed E-state index contributed by atoms with van der Waals surface area (Å²) in [5.74, 6) is -1.32. The zero-order valence-corrected chi connectivity index (χ0v) is 35.9. The molecule has 0 rings (SSSR count). The largest absolute Gasteiger partial charge is 0.481 e. The van der Waals surface area contributed by atoms with Crippen molar-refractivity contribution in [3.05, 3.63) is 12.2 Å². The van der Waals surface area contributed by atoms with Crippen molar-refractivity contribution in [1.82, 2.24) is 0 Å². The first-order valence-corrected chi connectivity index (χ1v) is 22.1. The smallest absolute Gasteiger partial charge is 0.303 e. The maximum absolute atomic E-state index is 10.3. The van der Waals surface area contributed by atoms with E-state index < -0.39 is 24.1 Å². The first-order valence-electron chi connectivity index (χ1n) is 22.1. The van der Waals surface area contributed by atoms with E-state index in [0.717, 1.165) is 25.7 Å². The van der Waals surface area contributed by atoms with Gasteiger partial charge in [0.1, 0.15) is 12.2 Å². The van der Waals surface area contributed by atoms with Crippen LogP contribution in [0.25, 0.3) is 0 Å². The number of rotatable bonds is 35. The lowest BCUT2D eigenvalue weighted by Crippen LogP contribution is -2.15. The van der Waals surface area contributed by atoms with E-state index in [1.165, 1.54) is 154 Å². The summed E-state index contributed by atoms with van der Waals surface area (Å²) in [5.41, 5.74) is 0. The second kappa shape index (κ2) is 61.6. The number of allylic oxidation sites excluding steroid dienone is 2. The van der Waals surface area contributed by atoms with Gasteiger partial charge in [-0.1, -0.05) is 167 Å². The second-order valence-electron chi connectivity index (χ2n) is 14.2. The fourth-order valence-electron chi connectivity index (χ4n) is 5.11. The molecule has 0 saturated heterocycles. The number of hydrogen-bond acceptors (Lipinski definition) is 9. The third-order valence-electron chi connectivity index (χ3n) is 8.49. The van der Waals surface area contributed by atoms with Crippen molar-refractivity contribution in [2.24, 2.45) is 0 Å². The van der Waals surface area contributed by atoms with E-state index in [1.54, 1.807) is 6.92 Å². The Balaban J connectivity index is -0.000000221. The van der Waals surface area contributed by atoms with Crippen molar-refractivity contribution in [1.29, 1.82) is 0 Å². The van der Waals surface area contributed by atoms with Crippen LogP contribution in [-0.2, 0) is 9.59 Å². The molecule has 0 aliphatic heterocycles. The second-order valence-corrected chi connectivity index (χ2v) is 14.2. The molecule has 0 aliphatic rings. The van der Waals surface area contributed by atoms with Crippen molar-refractivity contribution < 1.29 is 55.5 Å². The Labute approximate surface area is 337 Å². The average Bonchev–Trinajstić information content (AvgIpc) is 3.18. The molecule has 0 heterocycles. The molecule has 0 saturated carbocycles. The molecule has 9 N–H and O–H groups in total. The predicted molar refractivity (Wildman–Crippen MR) is 227 cm³/mol. The van der Waals surface area contributed by atoms with E-state index in [9.17, 15) is 9.59 Å². The van der Waals surface area contributed by atoms with E-state index in [2.05, 4.69) is 26.0 Å². The lowest BCUT2D eigenvalue weighted by atomic mass is 10.0. The molecule has 0 fully saturated rings. The minimum absolute atomic E-state index is 0.250. The number of carboxylic acids is 2. The van der Waals surface area contributed by atoms with Gasteiger partial charge in [0.05, 0.1) is 26.4 Å². The molecule has 0 aromatic heterocycles. The van der Waals surface area contributed by atoms with E-state index in [-0.39, 0.29) is 33.0 Å². The van der Waals surface area contributed by atoms with Crippen molar-refractivity contribution in [3.63, 3.8) is 0 Å². The molecule has 0 bridgehead atoms. The quantitative estimate of drug-likeness (QED) is 0.0218. The molecule has 11 heteroatoms. The number of aliphatic hydroxyl groups excluding tert-OH is 7. The molecule has 11 nitrogen and oxygen atoms in total. The predicted octanol–water partition coefficient (Wildman–Crippen LogP) is 9.10. The van der Waals surface area contributed by atoms with Gasteiger partial charge in [0.2, 0.25) is 0 Å². The van der Waals surface area contributed by atoms with Gasteiger partial charge in [-0.05, 0) is 45.4 Å². The van der Waals surface area contributed by atoms with E-state index in [0.29, 0.717) is 12.8 Å². The molecule has 0 unspecified atom stereocenters. The van der Waals surface area contributed by atoms with Crippen LogP contribution in [0.15, 0.2) is 12.2 Å². The van der Waals surface area contributed by atoms with Crippen LogP contribution in [0.5, 0.6) is 0 Å². The Morgan fingerprint density at radius 3 is 0.764 bits per heavy atom. The SMILES string of the molecule is CCCCCCCCC=CCCCCCCCC(=O)O.CCCCCCCCCCCCCCCCCC(=O)O.CCO.OCC(O)CO.OCC(O)CO. The van der Waals surface area contributed by atoms with Crippen LogP contribution in [-0.4, -0.2) is 103 Å². The molecule has 0 aromatic rings. The van der Waals surface area contributed by atoms with Gasteiger partial charge in [-0.2, -0.15) is 0 Å². The molecule has 0 atom stereocenters. The third kappa shape index (κ3) is 81.6. The van der Waals surface area contributed by atoms with Crippen molar-refractivity contribution in [3.8, 4) is 0 Å². The van der Waals surface area contributed by atoms with E-state index in [4.69, 9.17) is 46.0 Å². The Morgan fingerprint density at radius 1 is 0.382 bits per heavy atom.